The minimum atomic E-state index is -4.43. The second kappa shape index (κ2) is 5.02. The Bertz CT molecular complexity index is 788. The van der Waals surface area contributed by atoms with E-state index in [4.69, 9.17) is 5.73 Å². The average molecular weight is 303 g/mol. The molecule has 0 fully saturated rings. The highest BCUT2D eigenvalue weighted by molar-refractivity contribution is 5.80. The van der Waals surface area contributed by atoms with Gasteiger partial charge in [0.2, 0.25) is 0 Å². The summed E-state index contributed by atoms with van der Waals surface area (Å²) in [5, 5.41) is 9.33. The Kier molecular flexibility index (Phi) is 3.28. The summed E-state index contributed by atoms with van der Waals surface area (Å²) in [5.41, 5.74) is 7.70. The van der Waals surface area contributed by atoms with Crippen LogP contribution in [-0.2, 0) is 19.0 Å². The van der Waals surface area contributed by atoms with Crippen LogP contribution in [0, 0.1) is 11.3 Å². The summed E-state index contributed by atoms with van der Waals surface area (Å²) < 4.78 is 38.8. The van der Waals surface area contributed by atoms with Crippen molar-refractivity contribution in [1.29, 1.82) is 5.26 Å². The van der Waals surface area contributed by atoms with E-state index < -0.39 is 11.7 Å². The topological polar surface area (TPSA) is 62.7 Å². The molecule has 3 nitrogen and oxygen atoms in total. The zero-order chi connectivity index (χ0) is 15.9. The van der Waals surface area contributed by atoms with Crippen LogP contribution < -0.4 is 5.73 Å². The minimum absolute atomic E-state index is 0.0792. The van der Waals surface area contributed by atoms with Gasteiger partial charge < -0.3 is 5.73 Å². The maximum absolute atomic E-state index is 12.9. The lowest BCUT2D eigenvalue weighted by Gasteiger charge is -2.14. The van der Waals surface area contributed by atoms with Crippen LogP contribution in [0.1, 0.15) is 28.8 Å². The molecule has 0 atom stereocenters. The molecule has 0 saturated heterocycles. The van der Waals surface area contributed by atoms with Gasteiger partial charge in [0.15, 0.2) is 0 Å². The molecule has 0 saturated carbocycles. The van der Waals surface area contributed by atoms with Crippen molar-refractivity contribution in [2.24, 2.45) is 0 Å². The summed E-state index contributed by atoms with van der Waals surface area (Å²) >= 11 is 0. The highest BCUT2D eigenvalue weighted by Crippen LogP contribution is 2.38. The summed E-state index contributed by atoms with van der Waals surface area (Å²) in [6.45, 7) is 0. The largest absolute Gasteiger partial charge is 0.416 e. The van der Waals surface area contributed by atoms with Crippen LogP contribution in [0.25, 0.3) is 11.1 Å². The number of rotatable bonds is 1. The van der Waals surface area contributed by atoms with Gasteiger partial charge in [-0.15, -0.1) is 0 Å². The smallest absolute Gasteiger partial charge is 0.383 e. The number of benzene rings is 1. The third kappa shape index (κ3) is 2.29. The molecular weight excluding hydrogens is 291 g/mol. The maximum Gasteiger partial charge on any atom is 0.416 e. The quantitative estimate of drug-likeness (QED) is 0.873. The number of aryl methyl sites for hydroxylation is 1. The molecule has 22 heavy (non-hydrogen) atoms. The maximum atomic E-state index is 12.9. The second-order valence-electron chi connectivity index (χ2n) is 5.22. The lowest BCUT2D eigenvalue weighted by Crippen LogP contribution is -2.06. The van der Waals surface area contributed by atoms with Gasteiger partial charge in [-0.2, -0.15) is 18.4 Å². The van der Waals surface area contributed by atoms with Crippen LogP contribution in [0.4, 0.5) is 19.0 Å². The first-order chi connectivity index (χ1) is 10.4. The van der Waals surface area contributed by atoms with Crippen LogP contribution >= 0.6 is 0 Å². The molecule has 112 valence electrons. The van der Waals surface area contributed by atoms with Crippen molar-refractivity contribution in [3.8, 4) is 17.2 Å². The number of pyridine rings is 1. The van der Waals surface area contributed by atoms with Gasteiger partial charge in [0.05, 0.1) is 5.56 Å². The molecule has 1 aliphatic rings. The Morgan fingerprint density at radius 1 is 1.23 bits per heavy atom. The van der Waals surface area contributed by atoms with Gasteiger partial charge in [-0.1, -0.05) is 12.1 Å². The molecule has 0 radical (unpaired) electrons. The molecule has 0 aliphatic heterocycles. The zero-order valence-electron chi connectivity index (χ0n) is 11.5. The van der Waals surface area contributed by atoms with Crippen molar-refractivity contribution in [2.75, 3.05) is 5.73 Å². The number of halogens is 3. The first-order valence-electron chi connectivity index (χ1n) is 6.80. The van der Waals surface area contributed by atoms with E-state index in [0.717, 1.165) is 36.2 Å². The van der Waals surface area contributed by atoms with Crippen LogP contribution in [0.2, 0.25) is 0 Å². The SMILES string of the molecule is N#Cc1c(N)nc2c(c1-c1cccc(C(F)(F)F)c1)CCC2. The predicted octanol–water partition coefficient (Wildman–Crippen LogP) is 3.71. The number of nitrogens with zero attached hydrogens (tertiary/aromatic N) is 2. The van der Waals surface area contributed by atoms with Gasteiger partial charge in [0.25, 0.3) is 0 Å². The molecule has 3 rings (SSSR count). The van der Waals surface area contributed by atoms with Crippen molar-refractivity contribution in [3.63, 3.8) is 0 Å². The molecule has 1 heterocycles. The molecule has 6 heteroatoms. The van der Waals surface area contributed by atoms with E-state index in [9.17, 15) is 18.4 Å². The molecule has 0 spiro atoms. The standard InChI is InChI=1S/C16H12F3N3/c17-16(18,19)10-4-1-3-9(7-10)14-11-5-2-6-13(11)22-15(21)12(14)8-20/h1,3-4,7H,2,5-6H2,(H2,21,22). The van der Waals surface area contributed by atoms with Gasteiger partial charge in [-0.05, 0) is 42.5 Å². The van der Waals surface area contributed by atoms with Crippen molar-refractivity contribution >= 4 is 5.82 Å². The Balaban J connectivity index is 2.27. The first kappa shape index (κ1) is 14.4. The van der Waals surface area contributed by atoms with Crippen molar-refractivity contribution in [3.05, 3.63) is 46.6 Å². The predicted molar refractivity (Wildman–Crippen MR) is 75.8 cm³/mol. The molecule has 2 aromatic rings. The number of alkyl halides is 3. The Morgan fingerprint density at radius 2 is 2.00 bits per heavy atom. The first-order valence-corrected chi connectivity index (χ1v) is 6.80. The number of hydrogen-bond acceptors (Lipinski definition) is 3. The number of anilines is 1. The van der Waals surface area contributed by atoms with E-state index >= 15 is 0 Å². The lowest BCUT2D eigenvalue weighted by atomic mass is 9.93. The van der Waals surface area contributed by atoms with Gasteiger partial charge in [-0.3, -0.25) is 0 Å². The van der Waals surface area contributed by atoms with Crippen LogP contribution in [0.15, 0.2) is 24.3 Å². The molecule has 0 amide bonds. The van der Waals surface area contributed by atoms with Crippen LogP contribution in [0.3, 0.4) is 0 Å². The van der Waals surface area contributed by atoms with E-state index in [1.54, 1.807) is 6.07 Å². The van der Waals surface area contributed by atoms with E-state index in [1.165, 1.54) is 6.07 Å². The highest BCUT2D eigenvalue weighted by atomic mass is 19.4. The third-order valence-electron chi connectivity index (χ3n) is 3.84. The van der Waals surface area contributed by atoms with E-state index in [0.29, 0.717) is 17.5 Å². The van der Waals surface area contributed by atoms with Gasteiger partial charge >= 0.3 is 6.18 Å². The van der Waals surface area contributed by atoms with Gasteiger partial charge in [0, 0.05) is 11.3 Å². The van der Waals surface area contributed by atoms with E-state index in [1.807, 2.05) is 6.07 Å². The third-order valence-corrected chi connectivity index (χ3v) is 3.84. The molecular formula is C16H12F3N3. The van der Waals surface area contributed by atoms with Gasteiger partial charge in [-0.25, -0.2) is 4.98 Å². The second-order valence-corrected chi connectivity index (χ2v) is 5.22. The normalized spacial score (nSPS) is 13.7. The summed E-state index contributed by atoms with van der Waals surface area (Å²) in [4.78, 5) is 4.21. The Hall–Kier alpha value is -2.55. The van der Waals surface area contributed by atoms with Crippen molar-refractivity contribution < 1.29 is 13.2 Å². The average Bonchev–Trinajstić information content (AvgIpc) is 2.92. The molecule has 0 bridgehead atoms. The fourth-order valence-electron chi connectivity index (χ4n) is 2.88. The summed E-state index contributed by atoms with van der Waals surface area (Å²) in [6, 6.07) is 6.98. The zero-order valence-corrected chi connectivity index (χ0v) is 11.5. The molecule has 1 aromatic heterocycles. The lowest BCUT2D eigenvalue weighted by molar-refractivity contribution is -0.137. The van der Waals surface area contributed by atoms with Gasteiger partial charge in [0.1, 0.15) is 17.5 Å². The monoisotopic (exact) mass is 303 g/mol. The van der Waals surface area contributed by atoms with Crippen LogP contribution in [0.5, 0.6) is 0 Å². The summed E-state index contributed by atoms with van der Waals surface area (Å²) in [5.74, 6) is 0.0792. The fraction of sp³-hybridized carbons (Fsp3) is 0.250. The fourth-order valence-corrected chi connectivity index (χ4v) is 2.88. The van der Waals surface area contributed by atoms with Crippen LogP contribution in [-0.4, -0.2) is 4.98 Å². The molecule has 2 N–H and O–H groups in total. The van der Waals surface area contributed by atoms with Crippen molar-refractivity contribution in [1.82, 2.24) is 4.98 Å². The van der Waals surface area contributed by atoms with E-state index in [2.05, 4.69) is 4.98 Å². The minimum Gasteiger partial charge on any atom is -0.383 e. The van der Waals surface area contributed by atoms with Crippen molar-refractivity contribution in [2.45, 2.75) is 25.4 Å². The molecule has 0 unspecified atom stereocenters. The number of aromatic nitrogens is 1. The Morgan fingerprint density at radius 3 is 2.68 bits per heavy atom. The molecule has 1 aliphatic carbocycles. The highest BCUT2D eigenvalue weighted by Gasteiger charge is 2.31. The number of nitrogen functional groups attached to an aromatic ring is 1. The summed E-state index contributed by atoms with van der Waals surface area (Å²) in [6.07, 6.45) is -2.13. The number of nitriles is 1. The summed E-state index contributed by atoms with van der Waals surface area (Å²) in [7, 11) is 0. The number of fused-ring (bicyclic) bond motifs is 1. The number of nitrogens with two attached hydrogens (primary N) is 1. The van der Waals surface area contributed by atoms with E-state index in [-0.39, 0.29) is 11.4 Å². The molecule has 1 aromatic carbocycles. The Labute approximate surface area is 125 Å². The number of hydrogen-bond donors (Lipinski definition) is 1.